The molecule has 424 valence electrons. The molecule has 73 heavy (non-hydrogen) atoms. The fraction of sp³-hybridized carbons (Fsp3) is 0.806. The highest BCUT2D eigenvalue weighted by molar-refractivity contribution is 5.71. The molecule has 0 N–H and O–H groups in total. The van der Waals surface area contributed by atoms with Crippen molar-refractivity contribution >= 4 is 17.9 Å². The summed E-state index contributed by atoms with van der Waals surface area (Å²) in [7, 11) is 0. The largest absolute Gasteiger partial charge is 0.462 e. The summed E-state index contributed by atoms with van der Waals surface area (Å²) in [5.41, 5.74) is 0. The van der Waals surface area contributed by atoms with Gasteiger partial charge in [0.2, 0.25) is 0 Å². The summed E-state index contributed by atoms with van der Waals surface area (Å²) in [6.07, 6.45) is 78.1. The zero-order valence-electron chi connectivity index (χ0n) is 48.7. The smallest absolute Gasteiger partial charge is 0.306 e. The van der Waals surface area contributed by atoms with Crippen molar-refractivity contribution in [3.63, 3.8) is 0 Å². The maximum atomic E-state index is 12.9. The van der Waals surface area contributed by atoms with Crippen LogP contribution in [0.3, 0.4) is 0 Å². The van der Waals surface area contributed by atoms with Crippen LogP contribution < -0.4 is 0 Å². The van der Waals surface area contributed by atoms with Crippen LogP contribution in [0.25, 0.3) is 0 Å². The van der Waals surface area contributed by atoms with E-state index in [0.717, 1.165) is 109 Å². The van der Waals surface area contributed by atoms with E-state index in [1.165, 1.54) is 180 Å². The Kier molecular flexibility index (Phi) is 59.2. The van der Waals surface area contributed by atoms with E-state index in [9.17, 15) is 14.4 Å². The third-order valence-corrected chi connectivity index (χ3v) is 14.0. The molecule has 0 amide bonds. The summed E-state index contributed by atoms with van der Waals surface area (Å²) in [6.45, 7) is 6.54. The Morgan fingerprint density at radius 3 is 0.836 bits per heavy atom. The third-order valence-electron chi connectivity index (χ3n) is 14.0. The Morgan fingerprint density at radius 2 is 0.534 bits per heavy atom. The van der Waals surface area contributed by atoms with Gasteiger partial charge in [0.15, 0.2) is 6.10 Å². The average Bonchev–Trinajstić information content (AvgIpc) is 3.39. The van der Waals surface area contributed by atoms with Gasteiger partial charge in [-0.25, -0.2) is 0 Å². The van der Waals surface area contributed by atoms with E-state index in [-0.39, 0.29) is 31.1 Å². The van der Waals surface area contributed by atoms with Crippen LogP contribution in [0, 0.1) is 0 Å². The Labute approximate surface area is 453 Å². The molecule has 0 aliphatic carbocycles. The molecule has 1 unspecified atom stereocenters. The SMILES string of the molecule is CC/C=C\C/C=C\C/C=C\C/C=C\C/C=C\CCCCCCCC(=O)OC(COC(=O)CCCCCCCCCCCC)COC(=O)CCCCCCCCCCCCCCCCCCCCCCCCCC. The molecule has 0 fully saturated rings. The first-order chi connectivity index (χ1) is 36.0. The Balaban J connectivity index is 4.25. The molecule has 6 nitrogen and oxygen atoms in total. The maximum absolute atomic E-state index is 12.9. The molecular formula is C67H120O6. The molecule has 0 aromatic rings. The number of unbranched alkanes of at least 4 members (excludes halogenated alkanes) is 37. The number of hydrogen-bond acceptors (Lipinski definition) is 6. The molecule has 0 heterocycles. The van der Waals surface area contributed by atoms with Gasteiger partial charge in [0.1, 0.15) is 13.2 Å². The molecule has 0 saturated carbocycles. The highest BCUT2D eigenvalue weighted by atomic mass is 16.6. The van der Waals surface area contributed by atoms with E-state index in [1.54, 1.807) is 0 Å². The Bertz CT molecular complexity index is 1310. The number of carbonyl (C=O) groups excluding carboxylic acids is 3. The molecule has 1 atom stereocenters. The summed E-state index contributed by atoms with van der Waals surface area (Å²) in [6, 6.07) is 0. The van der Waals surface area contributed by atoms with E-state index in [4.69, 9.17) is 14.2 Å². The molecule has 0 aromatic heterocycles. The van der Waals surface area contributed by atoms with Crippen molar-refractivity contribution in [3.05, 3.63) is 60.8 Å². The lowest BCUT2D eigenvalue weighted by atomic mass is 10.0. The second-order valence-corrected chi connectivity index (χ2v) is 21.3. The second-order valence-electron chi connectivity index (χ2n) is 21.3. The minimum Gasteiger partial charge on any atom is -0.462 e. The Hall–Kier alpha value is -2.89. The number of rotatable bonds is 58. The summed E-state index contributed by atoms with van der Waals surface area (Å²) in [5, 5.41) is 0. The number of hydrogen-bond donors (Lipinski definition) is 0. The molecule has 0 aliphatic heterocycles. The van der Waals surface area contributed by atoms with Crippen molar-refractivity contribution in [2.75, 3.05) is 13.2 Å². The van der Waals surface area contributed by atoms with E-state index in [1.807, 2.05) is 0 Å². The van der Waals surface area contributed by atoms with Crippen LogP contribution in [0.15, 0.2) is 60.8 Å². The highest BCUT2D eigenvalue weighted by Gasteiger charge is 2.19. The van der Waals surface area contributed by atoms with Gasteiger partial charge in [-0.1, -0.05) is 306 Å². The topological polar surface area (TPSA) is 78.9 Å². The van der Waals surface area contributed by atoms with Crippen molar-refractivity contribution in [1.29, 1.82) is 0 Å². The lowest BCUT2D eigenvalue weighted by Crippen LogP contribution is -2.30. The first kappa shape index (κ1) is 70.1. The van der Waals surface area contributed by atoms with Gasteiger partial charge < -0.3 is 14.2 Å². The molecular weight excluding hydrogens is 901 g/mol. The summed E-state index contributed by atoms with van der Waals surface area (Å²) in [4.78, 5) is 38.2. The monoisotopic (exact) mass is 1020 g/mol. The standard InChI is InChI=1S/C67H120O6/c1-4-7-10-13-16-19-22-24-26-28-30-32-33-34-36-37-39-41-43-45-48-51-54-57-60-66(69)72-63-64(62-71-65(68)59-56-53-50-47-21-18-15-12-9-6-3)73-67(70)61-58-55-52-49-46-44-42-40-38-35-31-29-27-25-23-20-17-14-11-8-5-2/h8,11,17,20,25,27,31,35,40,42,64H,4-7,9-10,12-16,18-19,21-24,26,28-30,32-34,36-39,41,43-63H2,1-3H3/b11-8-,20-17-,27-25-,35-31-,42-40-. The van der Waals surface area contributed by atoms with Crippen molar-refractivity contribution in [2.24, 2.45) is 0 Å². The maximum Gasteiger partial charge on any atom is 0.306 e. The van der Waals surface area contributed by atoms with Crippen molar-refractivity contribution in [3.8, 4) is 0 Å². The fourth-order valence-electron chi connectivity index (χ4n) is 9.30. The van der Waals surface area contributed by atoms with Crippen LogP contribution in [0.5, 0.6) is 0 Å². The van der Waals surface area contributed by atoms with Gasteiger partial charge in [-0.2, -0.15) is 0 Å². The van der Waals surface area contributed by atoms with Gasteiger partial charge in [0.05, 0.1) is 0 Å². The molecule has 0 spiro atoms. The highest BCUT2D eigenvalue weighted by Crippen LogP contribution is 2.17. The molecule has 0 aliphatic rings. The molecule has 0 aromatic carbocycles. The van der Waals surface area contributed by atoms with E-state index in [2.05, 4.69) is 81.5 Å². The summed E-state index contributed by atoms with van der Waals surface area (Å²) in [5.74, 6) is -0.881. The van der Waals surface area contributed by atoms with E-state index >= 15 is 0 Å². The normalized spacial score (nSPS) is 12.4. The van der Waals surface area contributed by atoms with Crippen molar-refractivity contribution in [2.45, 2.75) is 335 Å². The minimum absolute atomic E-state index is 0.0781. The first-order valence-electron chi connectivity index (χ1n) is 31.8. The zero-order chi connectivity index (χ0) is 52.9. The number of carbonyl (C=O) groups is 3. The molecule has 6 heteroatoms. The summed E-state index contributed by atoms with van der Waals surface area (Å²) < 4.78 is 16.9. The van der Waals surface area contributed by atoms with Gasteiger partial charge in [-0.05, 0) is 64.2 Å². The van der Waals surface area contributed by atoms with Crippen LogP contribution in [0.1, 0.15) is 329 Å². The van der Waals surface area contributed by atoms with Gasteiger partial charge in [0.25, 0.3) is 0 Å². The van der Waals surface area contributed by atoms with Crippen LogP contribution >= 0.6 is 0 Å². The molecule has 0 rings (SSSR count). The van der Waals surface area contributed by atoms with Gasteiger partial charge in [-0.3, -0.25) is 14.4 Å². The molecule has 0 radical (unpaired) electrons. The molecule has 0 bridgehead atoms. The number of ether oxygens (including phenoxy) is 3. The second kappa shape index (κ2) is 61.7. The lowest BCUT2D eigenvalue weighted by Gasteiger charge is -2.18. The summed E-state index contributed by atoms with van der Waals surface area (Å²) >= 11 is 0. The van der Waals surface area contributed by atoms with E-state index in [0.29, 0.717) is 19.3 Å². The fourth-order valence-corrected chi connectivity index (χ4v) is 9.30. The third kappa shape index (κ3) is 59.9. The Morgan fingerprint density at radius 1 is 0.288 bits per heavy atom. The number of esters is 3. The van der Waals surface area contributed by atoms with Crippen LogP contribution in [-0.4, -0.2) is 37.2 Å². The molecule has 0 saturated heterocycles. The van der Waals surface area contributed by atoms with Gasteiger partial charge in [-0.15, -0.1) is 0 Å². The van der Waals surface area contributed by atoms with Gasteiger partial charge in [0, 0.05) is 19.3 Å². The van der Waals surface area contributed by atoms with Crippen LogP contribution in [0.2, 0.25) is 0 Å². The predicted octanol–water partition coefficient (Wildman–Crippen LogP) is 21.6. The average molecular weight is 1020 g/mol. The van der Waals surface area contributed by atoms with Crippen LogP contribution in [0.4, 0.5) is 0 Å². The number of allylic oxidation sites excluding steroid dienone is 10. The van der Waals surface area contributed by atoms with Crippen molar-refractivity contribution in [1.82, 2.24) is 0 Å². The predicted molar refractivity (Wildman–Crippen MR) is 316 cm³/mol. The quantitative estimate of drug-likeness (QED) is 0.0261. The van der Waals surface area contributed by atoms with E-state index < -0.39 is 6.10 Å². The van der Waals surface area contributed by atoms with Crippen molar-refractivity contribution < 1.29 is 28.6 Å². The van der Waals surface area contributed by atoms with Gasteiger partial charge >= 0.3 is 17.9 Å². The zero-order valence-corrected chi connectivity index (χ0v) is 48.7. The first-order valence-corrected chi connectivity index (χ1v) is 31.8. The van der Waals surface area contributed by atoms with Crippen LogP contribution in [-0.2, 0) is 28.6 Å². The lowest BCUT2D eigenvalue weighted by molar-refractivity contribution is -0.167. The minimum atomic E-state index is -0.782.